The maximum Gasteiger partial charge on any atom is 0.407 e. The van der Waals surface area contributed by atoms with E-state index in [0.717, 1.165) is 0 Å². The number of esters is 1. The Kier molecular flexibility index (Phi) is 6.59. The van der Waals surface area contributed by atoms with Gasteiger partial charge in [0, 0.05) is 25.4 Å². The molecule has 2 amide bonds. The lowest BCUT2D eigenvalue weighted by molar-refractivity contribution is -0.154. The third-order valence-corrected chi connectivity index (χ3v) is 4.53. The molecule has 1 aliphatic heterocycles. The Bertz CT molecular complexity index is 542. The molecule has 2 unspecified atom stereocenters. The Morgan fingerprint density at radius 3 is 2.48 bits per heavy atom. The highest BCUT2D eigenvalue weighted by Gasteiger charge is 2.49. The van der Waals surface area contributed by atoms with Crippen molar-refractivity contribution in [3.8, 4) is 0 Å². The van der Waals surface area contributed by atoms with Crippen LogP contribution >= 0.6 is 0 Å². The highest BCUT2D eigenvalue weighted by molar-refractivity contribution is 5.90. The highest BCUT2D eigenvalue weighted by atomic mass is 16.5. The van der Waals surface area contributed by atoms with E-state index >= 15 is 0 Å². The van der Waals surface area contributed by atoms with E-state index in [2.05, 4.69) is 16.6 Å². The number of methoxy groups -OCH3 is 1. The zero-order valence-corrected chi connectivity index (χ0v) is 15.2. The molecule has 8 heteroatoms. The Balaban J connectivity index is 2.99. The van der Waals surface area contributed by atoms with Gasteiger partial charge in [-0.15, -0.1) is 6.58 Å². The first kappa shape index (κ1) is 21.0. The standard InChI is InChI=1S/C17H28N2O6/c1-6-7-11(13(20)25-5)18-14(21)17(24)8-9-19(15(22)23)12(10-17)16(2,3)4/h6,11-12,24H,1,7-10H2,2-5H3,(H,18,21)(H,22,23)/t11-,12?,17?/m0/s1. The molecule has 1 aliphatic rings. The molecular weight excluding hydrogens is 328 g/mol. The van der Waals surface area contributed by atoms with E-state index < -0.39 is 41.1 Å². The number of ether oxygens (including phenoxy) is 1. The molecule has 1 heterocycles. The van der Waals surface area contributed by atoms with Gasteiger partial charge in [-0.3, -0.25) is 4.79 Å². The van der Waals surface area contributed by atoms with Crippen molar-refractivity contribution in [2.24, 2.45) is 5.41 Å². The van der Waals surface area contributed by atoms with Crippen molar-refractivity contribution in [1.29, 1.82) is 0 Å². The number of hydrogen-bond donors (Lipinski definition) is 3. The first-order valence-corrected chi connectivity index (χ1v) is 8.18. The Hall–Kier alpha value is -2.09. The van der Waals surface area contributed by atoms with Crippen molar-refractivity contribution < 1.29 is 29.3 Å². The van der Waals surface area contributed by atoms with Crippen LogP contribution in [0, 0.1) is 5.41 Å². The minimum Gasteiger partial charge on any atom is -0.467 e. The number of aliphatic hydroxyl groups is 1. The van der Waals surface area contributed by atoms with Gasteiger partial charge in [-0.05, 0) is 11.8 Å². The van der Waals surface area contributed by atoms with Gasteiger partial charge in [-0.1, -0.05) is 26.8 Å². The summed E-state index contributed by atoms with van der Waals surface area (Å²) in [5.41, 5.74) is -2.22. The van der Waals surface area contributed by atoms with E-state index in [9.17, 15) is 24.6 Å². The summed E-state index contributed by atoms with van der Waals surface area (Å²) in [6.45, 7) is 9.13. The van der Waals surface area contributed by atoms with Crippen LogP contribution in [0.25, 0.3) is 0 Å². The van der Waals surface area contributed by atoms with Crippen molar-refractivity contribution >= 4 is 18.0 Å². The van der Waals surface area contributed by atoms with Crippen LogP contribution in [-0.4, -0.2) is 64.4 Å². The number of nitrogens with one attached hydrogen (secondary N) is 1. The maximum atomic E-state index is 12.6. The second-order valence-corrected chi connectivity index (χ2v) is 7.42. The van der Waals surface area contributed by atoms with Crippen LogP contribution in [0.15, 0.2) is 12.7 Å². The van der Waals surface area contributed by atoms with Crippen LogP contribution in [-0.2, 0) is 14.3 Å². The third-order valence-electron chi connectivity index (χ3n) is 4.53. The summed E-state index contributed by atoms with van der Waals surface area (Å²) >= 11 is 0. The van der Waals surface area contributed by atoms with E-state index in [1.807, 2.05) is 20.8 Å². The molecule has 1 saturated heterocycles. The molecule has 0 aromatic heterocycles. The van der Waals surface area contributed by atoms with Crippen LogP contribution in [0.2, 0.25) is 0 Å². The second kappa shape index (κ2) is 7.86. The van der Waals surface area contributed by atoms with Gasteiger partial charge in [-0.2, -0.15) is 0 Å². The molecule has 3 atom stereocenters. The number of carbonyl (C=O) groups excluding carboxylic acids is 2. The van der Waals surface area contributed by atoms with Gasteiger partial charge >= 0.3 is 12.1 Å². The summed E-state index contributed by atoms with van der Waals surface area (Å²) in [6, 6.07) is -1.48. The topological polar surface area (TPSA) is 116 Å². The maximum absolute atomic E-state index is 12.6. The molecule has 8 nitrogen and oxygen atoms in total. The lowest BCUT2D eigenvalue weighted by atomic mass is 9.74. The van der Waals surface area contributed by atoms with Gasteiger partial charge < -0.3 is 25.2 Å². The van der Waals surface area contributed by atoms with Crippen LogP contribution in [0.4, 0.5) is 4.79 Å². The normalized spacial score (nSPS) is 25.0. The van der Waals surface area contributed by atoms with Crippen molar-refractivity contribution in [3.63, 3.8) is 0 Å². The van der Waals surface area contributed by atoms with Crippen LogP contribution in [0.1, 0.15) is 40.0 Å². The van der Waals surface area contributed by atoms with Crippen molar-refractivity contribution in [2.45, 2.75) is 57.7 Å². The fraction of sp³-hybridized carbons (Fsp3) is 0.706. The van der Waals surface area contributed by atoms with Crippen LogP contribution in [0.3, 0.4) is 0 Å². The Morgan fingerprint density at radius 1 is 1.44 bits per heavy atom. The minimum absolute atomic E-state index is 0.0333. The van der Waals surface area contributed by atoms with Gasteiger partial charge in [0.25, 0.3) is 5.91 Å². The van der Waals surface area contributed by atoms with Gasteiger partial charge in [0.2, 0.25) is 0 Å². The summed E-state index contributed by atoms with van der Waals surface area (Å²) in [4.78, 5) is 37.1. The fourth-order valence-corrected chi connectivity index (χ4v) is 3.02. The van der Waals surface area contributed by atoms with Gasteiger partial charge in [-0.25, -0.2) is 9.59 Å². The summed E-state index contributed by atoms with van der Waals surface area (Å²) in [6.07, 6.45) is 0.465. The SMILES string of the molecule is C=CC[C@H](NC(=O)C1(O)CCN(C(=O)O)C(C(C)(C)C)C1)C(=O)OC. The number of likely N-dealkylation sites (tertiary alicyclic amines) is 1. The Morgan fingerprint density at radius 2 is 2.04 bits per heavy atom. The number of carboxylic acid groups (broad SMARTS) is 1. The molecular formula is C17H28N2O6. The largest absolute Gasteiger partial charge is 0.467 e. The minimum atomic E-state index is -1.75. The Labute approximate surface area is 147 Å². The highest BCUT2D eigenvalue weighted by Crippen LogP contribution is 2.36. The molecule has 0 radical (unpaired) electrons. The van der Waals surface area contributed by atoms with Gasteiger partial charge in [0.15, 0.2) is 0 Å². The predicted molar refractivity (Wildman–Crippen MR) is 90.9 cm³/mol. The predicted octanol–water partition coefficient (Wildman–Crippen LogP) is 1.14. The number of nitrogens with zero attached hydrogens (tertiary/aromatic N) is 1. The molecule has 0 aromatic carbocycles. The number of rotatable bonds is 5. The van der Waals surface area contributed by atoms with E-state index in [-0.39, 0.29) is 25.8 Å². The van der Waals surface area contributed by atoms with E-state index in [1.165, 1.54) is 18.1 Å². The number of hydrogen-bond acceptors (Lipinski definition) is 5. The molecule has 142 valence electrons. The fourth-order valence-electron chi connectivity index (χ4n) is 3.02. The van der Waals surface area contributed by atoms with Gasteiger partial charge in [0.05, 0.1) is 7.11 Å². The molecule has 0 bridgehead atoms. The molecule has 0 aromatic rings. The molecule has 0 spiro atoms. The third kappa shape index (κ3) is 4.94. The molecule has 3 N–H and O–H groups in total. The second-order valence-electron chi connectivity index (χ2n) is 7.42. The number of carbonyl (C=O) groups is 3. The quantitative estimate of drug-likeness (QED) is 0.502. The van der Waals surface area contributed by atoms with E-state index in [4.69, 9.17) is 0 Å². The summed E-state index contributed by atoms with van der Waals surface area (Å²) in [7, 11) is 1.21. The van der Waals surface area contributed by atoms with Crippen LogP contribution in [0.5, 0.6) is 0 Å². The average molecular weight is 356 g/mol. The van der Waals surface area contributed by atoms with Crippen LogP contribution < -0.4 is 5.32 Å². The zero-order chi connectivity index (χ0) is 19.4. The number of piperidine rings is 1. The average Bonchev–Trinajstić information content (AvgIpc) is 2.52. The monoisotopic (exact) mass is 356 g/mol. The van der Waals surface area contributed by atoms with Crippen molar-refractivity contribution in [3.05, 3.63) is 12.7 Å². The van der Waals surface area contributed by atoms with Gasteiger partial charge in [0.1, 0.15) is 11.6 Å². The molecule has 0 aliphatic carbocycles. The number of amides is 2. The molecule has 25 heavy (non-hydrogen) atoms. The zero-order valence-electron chi connectivity index (χ0n) is 15.2. The van der Waals surface area contributed by atoms with Crippen molar-refractivity contribution in [1.82, 2.24) is 10.2 Å². The smallest absolute Gasteiger partial charge is 0.407 e. The van der Waals surface area contributed by atoms with E-state index in [1.54, 1.807) is 0 Å². The lowest BCUT2D eigenvalue weighted by Gasteiger charge is -2.47. The summed E-state index contributed by atoms with van der Waals surface area (Å²) in [5, 5.41) is 22.7. The summed E-state index contributed by atoms with van der Waals surface area (Å²) < 4.78 is 4.64. The van der Waals surface area contributed by atoms with E-state index in [0.29, 0.717) is 0 Å². The first-order valence-electron chi connectivity index (χ1n) is 8.18. The first-order chi connectivity index (χ1) is 11.5. The molecule has 1 fully saturated rings. The lowest BCUT2D eigenvalue weighted by Crippen LogP contribution is -2.62. The molecule has 0 saturated carbocycles. The summed E-state index contributed by atoms with van der Waals surface area (Å²) in [5.74, 6) is -1.34. The van der Waals surface area contributed by atoms with Crippen molar-refractivity contribution in [2.75, 3.05) is 13.7 Å². The molecule has 1 rings (SSSR count).